The Morgan fingerprint density at radius 1 is 1.29 bits per heavy atom. The van der Waals surface area contributed by atoms with Gasteiger partial charge in [0.2, 0.25) is 0 Å². The maximum Gasteiger partial charge on any atom is 0.263 e. The predicted octanol–water partition coefficient (Wildman–Crippen LogP) is 2.65. The number of hydrogen-bond acceptors (Lipinski definition) is 3. The molecule has 0 bridgehead atoms. The first kappa shape index (κ1) is 16.3. The van der Waals surface area contributed by atoms with Gasteiger partial charge in [-0.25, -0.2) is 8.78 Å². The molecule has 0 spiro atoms. The van der Waals surface area contributed by atoms with Gasteiger partial charge in [-0.3, -0.25) is 4.90 Å². The van der Waals surface area contributed by atoms with Crippen LogP contribution >= 0.6 is 0 Å². The first-order valence-corrected chi connectivity index (χ1v) is 7.55. The normalized spacial score (nSPS) is 23.2. The molecule has 118 valence electrons. The Balaban J connectivity index is 2.23. The SMILES string of the molecule is CC1CN(C)CCCN1C(CN)c1cccc(C(F)F)c1. The third-order valence-corrected chi connectivity index (χ3v) is 4.27. The number of rotatable bonds is 4. The maximum absolute atomic E-state index is 12.9. The summed E-state index contributed by atoms with van der Waals surface area (Å²) < 4.78 is 25.8. The van der Waals surface area contributed by atoms with Crippen molar-refractivity contribution in [2.75, 3.05) is 33.2 Å². The number of nitrogens with zero attached hydrogens (tertiary/aromatic N) is 2. The molecule has 0 aromatic heterocycles. The summed E-state index contributed by atoms with van der Waals surface area (Å²) in [5, 5.41) is 0. The van der Waals surface area contributed by atoms with Crippen LogP contribution in [0, 0.1) is 0 Å². The van der Waals surface area contributed by atoms with E-state index in [9.17, 15) is 8.78 Å². The van der Waals surface area contributed by atoms with Gasteiger partial charge in [-0.05, 0) is 38.6 Å². The Hall–Kier alpha value is -1.04. The molecule has 2 rings (SSSR count). The second-order valence-electron chi connectivity index (χ2n) is 5.92. The number of likely N-dealkylation sites (N-methyl/N-ethyl adjacent to an activating group) is 1. The lowest BCUT2D eigenvalue weighted by atomic mass is 10.0. The van der Waals surface area contributed by atoms with Gasteiger partial charge >= 0.3 is 0 Å². The average Bonchev–Trinajstić information content (AvgIpc) is 2.61. The Morgan fingerprint density at radius 2 is 2.00 bits per heavy atom. The van der Waals surface area contributed by atoms with Crippen LogP contribution in [-0.4, -0.2) is 49.1 Å². The van der Waals surface area contributed by atoms with Crippen LogP contribution < -0.4 is 5.73 Å². The lowest BCUT2D eigenvalue weighted by Gasteiger charge is -2.35. The fourth-order valence-corrected chi connectivity index (χ4v) is 3.22. The van der Waals surface area contributed by atoms with E-state index >= 15 is 0 Å². The van der Waals surface area contributed by atoms with E-state index in [1.54, 1.807) is 12.1 Å². The van der Waals surface area contributed by atoms with Crippen LogP contribution in [-0.2, 0) is 0 Å². The number of alkyl halides is 2. The maximum atomic E-state index is 12.9. The fourth-order valence-electron chi connectivity index (χ4n) is 3.22. The van der Waals surface area contributed by atoms with Gasteiger partial charge in [-0.2, -0.15) is 0 Å². The molecule has 1 aliphatic rings. The van der Waals surface area contributed by atoms with Gasteiger partial charge in [0.1, 0.15) is 0 Å². The van der Waals surface area contributed by atoms with E-state index in [0.29, 0.717) is 12.6 Å². The number of halogens is 2. The molecule has 1 aliphatic heterocycles. The van der Waals surface area contributed by atoms with Crippen LogP contribution in [0.3, 0.4) is 0 Å². The largest absolute Gasteiger partial charge is 0.329 e. The van der Waals surface area contributed by atoms with Crippen LogP contribution in [0.25, 0.3) is 0 Å². The Morgan fingerprint density at radius 3 is 2.67 bits per heavy atom. The topological polar surface area (TPSA) is 32.5 Å². The molecule has 0 radical (unpaired) electrons. The van der Waals surface area contributed by atoms with E-state index < -0.39 is 6.43 Å². The molecule has 3 nitrogen and oxygen atoms in total. The second kappa shape index (κ2) is 7.29. The van der Waals surface area contributed by atoms with Crippen molar-refractivity contribution < 1.29 is 8.78 Å². The lowest BCUT2D eigenvalue weighted by Crippen LogP contribution is -2.43. The average molecular weight is 297 g/mol. The van der Waals surface area contributed by atoms with Gasteiger partial charge in [0, 0.05) is 37.3 Å². The summed E-state index contributed by atoms with van der Waals surface area (Å²) in [6.07, 6.45) is -1.36. The number of hydrogen-bond donors (Lipinski definition) is 1. The molecule has 1 fully saturated rings. The smallest absolute Gasteiger partial charge is 0.263 e. The molecular weight excluding hydrogens is 272 g/mol. The van der Waals surface area contributed by atoms with Crippen LogP contribution in [0.5, 0.6) is 0 Å². The minimum Gasteiger partial charge on any atom is -0.329 e. The Labute approximate surface area is 125 Å². The van der Waals surface area contributed by atoms with Crippen molar-refractivity contribution in [3.63, 3.8) is 0 Å². The van der Waals surface area contributed by atoms with Gasteiger partial charge in [-0.15, -0.1) is 0 Å². The molecule has 1 aromatic rings. The second-order valence-corrected chi connectivity index (χ2v) is 5.92. The van der Waals surface area contributed by atoms with Crippen molar-refractivity contribution in [3.8, 4) is 0 Å². The Kier molecular flexibility index (Phi) is 5.67. The highest BCUT2D eigenvalue weighted by atomic mass is 19.3. The minimum absolute atomic E-state index is 0.00481. The molecule has 2 N–H and O–H groups in total. The molecule has 1 aromatic carbocycles. The van der Waals surface area contributed by atoms with Gasteiger partial charge in [0.05, 0.1) is 0 Å². The summed E-state index contributed by atoms with van der Waals surface area (Å²) in [5.41, 5.74) is 6.94. The molecule has 2 unspecified atom stereocenters. The summed E-state index contributed by atoms with van der Waals surface area (Å²) in [6.45, 7) is 5.62. The summed E-state index contributed by atoms with van der Waals surface area (Å²) in [4.78, 5) is 4.67. The van der Waals surface area contributed by atoms with Gasteiger partial charge in [0.25, 0.3) is 6.43 Å². The van der Waals surface area contributed by atoms with E-state index in [2.05, 4.69) is 23.8 Å². The highest BCUT2D eigenvalue weighted by molar-refractivity contribution is 5.27. The van der Waals surface area contributed by atoms with Crippen LogP contribution in [0.15, 0.2) is 24.3 Å². The third-order valence-electron chi connectivity index (χ3n) is 4.27. The monoisotopic (exact) mass is 297 g/mol. The molecule has 0 aliphatic carbocycles. The Bertz CT molecular complexity index is 453. The van der Waals surface area contributed by atoms with Crippen molar-refractivity contribution in [1.29, 1.82) is 0 Å². The van der Waals surface area contributed by atoms with E-state index in [1.165, 1.54) is 6.07 Å². The van der Waals surface area contributed by atoms with Crippen LogP contribution in [0.1, 0.15) is 36.9 Å². The zero-order chi connectivity index (χ0) is 15.4. The van der Waals surface area contributed by atoms with E-state index in [1.807, 2.05) is 6.07 Å². The molecule has 1 heterocycles. The lowest BCUT2D eigenvalue weighted by molar-refractivity contribution is 0.143. The molecule has 21 heavy (non-hydrogen) atoms. The molecule has 2 atom stereocenters. The first-order chi connectivity index (χ1) is 10.0. The quantitative estimate of drug-likeness (QED) is 0.927. The van der Waals surface area contributed by atoms with Crippen molar-refractivity contribution in [1.82, 2.24) is 9.80 Å². The van der Waals surface area contributed by atoms with Crippen LogP contribution in [0.4, 0.5) is 8.78 Å². The summed E-state index contributed by atoms with van der Waals surface area (Å²) >= 11 is 0. The van der Waals surface area contributed by atoms with Crippen molar-refractivity contribution in [3.05, 3.63) is 35.4 Å². The van der Waals surface area contributed by atoms with Gasteiger partial charge < -0.3 is 10.6 Å². The first-order valence-electron chi connectivity index (χ1n) is 7.55. The molecular formula is C16H25F2N3. The molecule has 1 saturated heterocycles. The number of benzene rings is 1. The van der Waals surface area contributed by atoms with Gasteiger partial charge in [0.15, 0.2) is 0 Å². The predicted molar refractivity (Wildman–Crippen MR) is 81.5 cm³/mol. The van der Waals surface area contributed by atoms with Crippen LogP contribution in [0.2, 0.25) is 0 Å². The molecule has 0 amide bonds. The summed E-state index contributed by atoms with van der Waals surface area (Å²) in [6, 6.07) is 7.05. The van der Waals surface area contributed by atoms with E-state index in [4.69, 9.17) is 5.73 Å². The minimum atomic E-state index is -2.43. The zero-order valence-corrected chi connectivity index (χ0v) is 12.8. The van der Waals surface area contributed by atoms with E-state index in [0.717, 1.165) is 31.6 Å². The van der Waals surface area contributed by atoms with Crippen molar-refractivity contribution >= 4 is 0 Å². The zero-order valence-electron chi connectivity index (χ0n) is 12.8. The van der Waals surface area contributed by atoms with Crippen molar-refractivity contribution in [2.45, 2.75) is 31.9 Å². The summed E-state index contributed by atoms with van der Waals surface area (Å²) in [5.74, 6) is 0. The van der Waals surface area contributed by atoms with E-state index in [-0.39, 0.29) is 11.6 Å². The highest BCUT2D eigenvalue weighted by Gasteiger charge is 2.27. The molecule has 5 heteroatoms. The fraction of sp³-hybridized carbons (Fsp3) is 0.625. The third kappa shape index (κ3) is 3.99. The molecule has 0 saturated carbocycles. The number of nitrogens with two attached hydrogens (primary N) is 1. The van der Waals surface area contributed by atoms with Gasteiger partial charge in [-0.1, -0.05) is 18.2 Å². The highest BCUT2D eigenvalue weighted by Crippen LogP contribution is 2.27. The standard InChI is InChI=1S/C16H25F2N3/c1-12-11-20(2)7-4-8-21(12)15(10-19)13-5-3-6-14(9-13)16(17)18/h3,5-6,9,12,15-16H,4,7-8,10-11,19H2,1-2H3. The summed E-state index contributed by atoms with van der Waals surface area (Å²) in [7, 11) is 2.12. The van der Waals surface area contributed by atoms with Crippen molar-refractivity contribution in [2.24, 2.45) is 5.73 Å².